The van der Waals surface area contributed by atoms with Gasteiger partial charge >= 0.3 is 18.0 Å². The van der Waals surface area contributed by atoms with Crippen molar-refractivity contribution in [3.05, 3.63) is 71.8 Å². The lowest BCUT2D eigenvalue weighted by atomic mass is 9.92. The zero-order valence-corrected chi connectivity index (χ0v) is 18.0. The Balaban J connectivity index is 2.16. The summed E-state index contributed by atoms with van der Waals surface area (Å²) >= 11 is 0. The van der Waals surface area contributed by atoms with Crippen molar-refractivity contribution in [2.24, 2.45) is 5.92 Å². The van der Waals surface area contributed by atoms with E-state index in [2.05, 4.69) is 5.32 Å². The molecule has 2 atom stereocenters. The van der Waals surface area contributed by atoms with E-state index in [0.717, 1.165) is 11.1 Å². The summed E-state index contributed by atoms with van der Waals surface area (Å²) in [4.78, 5) is 36.5. The van der Waals surface area contributed by atoms with Crippen LogP contribution in [0.25, 0.3) is 0 Å². The average molecular weight is 427 g/mol. The molecule has 1 amide bonds. The summed E-state index contributed by atoms with van der Waals surface area (Å²) in [7, 11) is 0. The lowest BCUT2D eigenvalue weighted by Crippen LogP contribution is -2.36. The van der Waals surface area contributed by atoms with Crippen LogP contribution in [-0.2, 0) is 25.7 Å². The number of carbonyl (C=O) groups is 3. The molecule has 0 fully saturated rings. The molecule has 0 aliphatic carbocycles. The Morgan fingerprint density at radius 1 is 0.968 bits per heavy atom. The minimum atomic E-state index is -1.12. The van der Waals surface area contributed by atoms with Gasteiger partial charge in [0, 0.05) is 0 Å². The second kappa shape index (κ2) is 11.2. The number of carboxylic acids is 1. The minimum absolute atomic E-state index is 0.0469. The Labute approximate surface area is 182 Å². The molecule has 0 saturated carbocycles. The van der Waals surface area contributed by atoms with Crippen molar-refractivity contribution in [1.29, 1.82) is 0 Å². The van der Waals surface area contributed by atoms with Crippen molar-refractivity contribution in [3.63, 3.8) is 0 Å². The summed E-state index contributed by atoms with van der Waals surface area (Å²) in [6.45, 7) is 5.29. The molecule has 7 heteroatoms. The molecule has 2 rings (SSSR count). The van der Waals surface area contributed by atoms with Crippen molar-refractivity contribution in [1.82, 2.24) is 5.32 Å². The van der Waals surface area contributed by atoms with Crippen LogP contribution in [0.1, 0.15) is 50.8 Å². The van der Waals surface area contributed by atoms with E-state index in [4.69, 9.17) is 9.47 Å². The number of rotatable bonds is 9. The molecule has 2 N–H and O–H groups in total. The van der Waals surface area contributed by atoms with Gasteiger partial charge in [0.15, 0.2) is 0 Å². The summed E-state index contributed by atoms with van der Waals surface area (Å²) in [6, 6.07) is 17.6. The molecule has 0 bridgehead atoms. The number of aliphatic carboxylic acids is 1. The summed E-state index contributed by atoms with van der Waals surface area (Å²) in [6.07, 6.45) is -0.996. The molecular formula is C24H29NO6. The van der Waals surface area contributed by atoms with Crippen molar-refractivity contribution in [2.75, 3.05) is 0 Å². The number of amides is 1. The number of alkyl carbamates (subject to hydrolysis) is 1. The molecule has 7 nitrogen and oxygen atoms in total. The SMILES string of the molecule is CC(C)(C)OC(=O)NC(C[C@@H](CC(=O)O)C(=O)OCc1ccccc1)c1ccccc1. The highest BCUT2D eigenvalue weighted by atomic mass is 16.6. The van der Waals surface area contributed by atoms with Crippen molar-refractivity contribution >= 4 is 18.0 Å². The lowest BCUT2D eigenvalue weighted by molar-refractivity contribution is -0.154. The lowest BCUT2D eigenvalue weighted by Gasteiger charge is -2.26. The number of hydrogen-bond acceptors (Lipinski definition) is 5. The zero-order valence-electron chi connectivity index (χ0n) is 18.0. The first-order valence-corrected chi connectivity index (χ1v) is 10.1. The second-order valence-corrected chi connectivity index (χ2v) is 8.23. The standard InChI is InChI=1S/C24H29NO6/c1-24(2,3)31-23(29)25-20(18-12-8-5-9-13-18)14-19(15-21(26)27)22(28)30-16-17-10-6-4-7-11-17/h4-13,19-20H,14-16H2,1-3H3,(H,25,29)(H,26,27)/t19-,20?/m0/s1. The van der Waals surface area contributed by atoms with E-state index in [0.29, 0.717) is 0 Å². The predicted octanol–water partition coefficient (Wildman–Crippen LogP) is 4.48. The molecular weight excluding hydrogens is 398 g/mol. The fourth-order valence-corrected chi connectivity index (χ4v) is 3.02. The van der Waals surface area contributed by atoms with Gasteiger partial charge in [0.2, 0.25) is 0 Å². The normalized spacial score (nSPS) is 13.0. The van der Waals surface area contributed by atoms with E-state index in [-0.39, 0.29) is 13.0 Å². The van der Waals surface area contributed by atoms with Crippen LogP contribution >= 0.6 is 0 Å². The van der Waals surface area contributed by atoms with E-state index >= 15 is 0 Å². The Bertz CT molecular complexity index is 861. The molecule has 0 aliphatic rings. The molecule has 166 valence electrons. The van der Waals surface area contributed by atoms with Crippen LogP contribution in [0.5, 0.6) is 0 Å². The Morgan fingerprint density at radius 3 is 2.10 bits per heavy atom. The van der Waals surface area contributed by atoms with E-state index in [9.17, 15) is 19.5 Å². The maximum absolute atomic E-state index is 12.7. The summed E-state index contributed by atoms with van der Waals surface area (Å²) < 4.78 is 10.7. The molecule has 2 aromatic carbocycles. The van der Waals surface area contributed by atoms with Gasteiger partial charge in [-0.15, -0.1) is 0 Å². The highest BCUT2D eigenvalue weighted by Crippen LogP contribution is 2.25. The first-order chi connectivity index (χ1) is 14.6. The van der Waals surface area contributed by atoms with Crippen LogP contribution in [0.15, 0.2) is 60.7 Å². The van der Waals surface area contributed by atoms with Crippen molar-refractivity contribution < 1.29 is 29.0 Å². The van der Waals surface area contributed by atoms with Gasteiger partial charge in [-0.1, -0.05) is 60.7 Å². The first kappa shape index (κ1) is 23.9. The third-order valence-electron chi connectivity index (χ3n) is 4.39. The summed E-state index contributed by atoms with van der Waals surface area (Å²) in [5, 5.41) is 12.1. The van der Waals surface area contributed by atoms with Crippen LogP contribution in [0.4, 0.5) is 4.79 Å². The maximum Gasteiger partial charge on any atom is 0.408 e. The second-order valence-electron chi connectivity index (χ2n) is 8.23. The van der Waals surface area contributed by atoms with Crippen LogP contribution in [0, 0.1) is 5.92 Å². The van der Waals surface area contributed by atoms with Gasteiger partial charge in [-0.05, 0) is 38.3 Å². The number of ether oxygens (including phenoxy) is 2. The third-order valence-corrected chi connectivity index (χ3v) is 4.39. The number of esters is 1. The van der Waals surface area contributed by atoms with Gasteiger partial charge in [-0.25, -0.2) is 4.79 Å². The number of nitrogens with one attached hydrogen (secondary N) is 1. The maximum atomic E-state index is 12.7. The Hall–Kier alpha value is -3.35. The zero-order chi connectivity index (χ0) is 22.9. The summed E-state index contributed by atoms with van der Waals surface area (Å²) in [5.41, 5.74) is 0.844. The number of hydrogen-bond donors (Lipinski definition) is 2. The van der Waals surface area contributed by atoms with Crippen LogP contribution < -0.4 is 5.32 Å². The van der Waals surface area contributed by atoms with Crippen LogP contribution in [0.3, 0.4) is 0 Å². The van der Waals surface area contributed by atoms with Gasteiger partial charge in [0.25, 0.3) is 0 Å². The van der Waals surface area contributed by atoms with Gasteiger partial charge < -0.3 is 19.9 Å². The largest absolute Gasteiger partial charge is 0.481 e. The van der Waals surface area contributed by atoms with Crippen molar-refractivity contribution in [3.8, 4) is 0 Å². The molecule has 0 saturated heterocycles. The molecule has 31 heavy (non-hydrogen) atoms. The van der Waals surface area contributed by atoms with E-state index in [1.165, 1.54) is 0 Å². The smallest absolute Gasteiger partial charge is 0.408 e. The predicted molar refractivity (Wildman–Crippen MR) is 115 cm³/mol. The molecule has 0 aliphatic heterocycles. The highest BCUT2D eigenvalue weighted by molar-refractivity contribution is 5.79. The fraction of sp³-hybridized carbons (Fsp3) is 0.375. The number of carbonyl (C=O) groups excluding carboxylic acids is 2. The topological polar surface area (TPSA) is 102 Å². The molecule has 1 unspecified atom stereocenters. The summed E-state index contributed by atoms with van der Waals surface area (Å²) in [5.74, 6) is -2.69. The van der Waals surface area contributed by atoms with E-state index in [1.807, 2.05) is 36.4 Å². The van der Waals surface area contributed by atoms with Crippen molar-refractivity contribution in [2.45, 2.75) is 51.9 Å². The number of benzene rings is 2. The molecule has 0 radical (unpaired) electrons. The molecule has 0 spiro atoms. The van der Waals surface area contributed by atoms with Gasteiger partial charge in [-0.2, -0.15) is 0 Å². The highest BCUT2D eigenvalue weighted by Gasteiger charge is 2.29. The minimum Gasteiger partial charge on any atom is -0.481 e. The number of carboxylic acid groups (broad SMARTS) is 1. The van der Waals surface area contributed by atoms with Crippen LogP contribution in [0.2, 0.25) is 0 Å². The average Bonchev–Trinajstić information content (AvgIpc) is 2.70. The van der Waals surface area contributed by atoms with Gasteiger partial charge in [-0.3, -0.25) is 9.59 Å². The monoisotopic (exact) mass is 427 g/mol. The molecule has 0 aromatic heterocycles. The molecule has 0 heterocycles. The molecule has 2 aromatic rings. The Kier molecular flexibility index (Phi) is 8.61. The van der Waals surface area contributed by atoms with Crippen LogP contribution in [-0.4, -0.2) is 28.7 Å². The van der Waals surface area contributed by atoms with Gasteiger partial charge in [0.05, 0.1) is 18.4 Å². The van der Waals surface area contributed by atoms with Gasteiger partial charge in [0.1, 0.15) is 12.2 Å². The van der Waals surface area contributed by atoms with E-state index < -0.39 is 42.0 Å². The quantitative estimate of drug-likeness (QED) is 0.572. The van der Waals surface area contributed by atoms with E-state index in [1.54, 1.807) is 45.0 Å². The Morgan fingerprint density at radius 2 is 1.55 bits per heavy atom. The first-order valence-electron chi connectivity index (χ1n) is 10.1. The fourth-order valence-electron chi connectivity index (χ4n) is 3.02. The third kappa shape index (κ3) is 8.90.